The maximum absolute atomic E-state index is 11.6. The van der Waals surface area contributed by atoms with E-state index in [1.165, 1.54) is 0 Å². The highest BCUT2D eigenvalue weighted by molar-refractivity contribution is 5.95. The lowest BCUT2D eigenvalue weighted by Crippen LogP contribution is -2.04. The number of nitriles is 1. The van der Waals surface area contributed by atoms with Gasteiger partial charge in [-0.2, -0.15) is 5.26 Å². The first-order valence-electron chi connectivity index (χ1n) is 4.94. The summed E-state index contributed by atoms with van der Waals surface area (Å²) in [6.07, 6.45) is 3.41. The topological polar surface area (TPSA) is 54.5 Å². The molecule has 0 N–H and O–H groups in total. The zero-order valence-electron chi connectivity index (χ0n) is 8.80. The molecule has 0 radical (unpaired) electrons. The lowest BCUT2D eigenvalue weighted by atomic mass is 10.2. The monoisotopic (exact) mass is 214 g/mol. The number of nitrogens with zero attached hydrogens (tertiary/aromatic N) is 2. The summed E-state index contributed by atoms with van der Waals surface area (Å²) in [5.41, 5.74) is 1.39. The molecule has 0 unspecified atom stereocenters. The fourth-order valence-electron chi connectivity index (χ4n) is 1.60. The summed E-state index contributed by atoms with van der Waals surface area (Å²) in [7, 11) is 0. The second-order valence-electron chi connectivity index (χ2n) is 3.24. The Bertz CT molecular complexity index is 578. The van der Waals surface area contributed by atoms with E-state index in [4.69, 9.17) is 10.00 Å². The Morgan fingerprint density at radius 2 is 2.38 bits per heavy atom. The summed E-state index contributed by atoms with van der Waals surface area (Å²) in [6, 6.07) is 7.49. The number of rotatable bonds is 2. The van der Waals surface area contributed by atoms with Crippen molar-refractivity contribution in [1.29, 1.82) is 5.26 Å². The number of hydrogen-bond donors (Lipinski definition) is 0. The van der Waals surface area contributed by atoms with Crippen LogP contribution in [0.1, 0.15) is 22.8 Å². The van der Waals surface area contributed by atoms with Crippen LogP contribution in [0, 0.1) is 11.3 Å². The van der Waals surface area contributed by atoms with Gasteiger partial charge in [-0.3, -0.25) is 0 Å². The van der Waals surface area contributed by atoms with Crippen molar-refractivity contribution in [3.8, 4) is 6.07 Å². The van der Waals surface area contributed by atoms with Gasteiger partial charge in [0.15, 0.2) is 0 Å². The molecule has 0 aliphatic carbocycles. The molecular formula is C12H10N2O2. The van der Waals surface area contributed by atoms with Crippen LogP contribution in [0.3, 0.4) is 0 Å². The summed E-state index contributed by atoms with van der Waals surface area (Å²) in [5.74, 6) is -0.456. The molecule has 0 atom stereocenters. The van der Waals surface area contributed by atoms with Gasteiger partial charge < -0.3 is 9.14 Å². The molecule has 16 heavy (non-hydrogen) atoms. The minimum atomic E-state index is -0.456. The van der Waals surface area contributed by atoms with E-state index in [-0.39, 0.29) is 0 Å². The van der Waals surface area contributed by atoms with Gasteiger partial charge in [0.05, 0.1) is 23.3 Å². The van der Waals surface area contributed by atoms with Crippen molar-refractivity contribution in [3.63, 3.8) is 0 Å². The van der Waals surface area contributed by atoms with Gasteiger partial charge >= 0.3 is 5.97 Å². The number of aromatic nitrogens is 1. The summed E-state index contributed by atoms with van der Waals surface area (Å²) in [4.78, 5) is 11.6. The van der Waals surface area contributed by atoms with Crippen LogP contribution in [0.5, 0.6) is 0 Å². The summed E-state index contributed by atoms with van der Waals surface area (Å²) in [6.45, 7) is 2.04. The van der Waals surface area contributed by atoms with Crippen LogP contribution in [-0.4, -0.2) is 17.0 Å². The largest absolute Gasteiger partial charge is 0.462 e. The minimum Gasteiger partial charge on any atom is -0.462 e. The standard InChI is InChI=1S/C12H10N2O2/c1-2-16-12(15)10-8-14-6-4-3-5-11(14)9(10)7-13/h3-6,8H,2H2,1H3. The average molecular weight is 214 g/mol. The van der Waals surface area contributed by atoms with E-state index in [0.29, 0.717) is 23.3 Å². The molecule has 4 nitrogen and oxygen atoms in total. The molecule has 0 amide bonds. The Labute approximate surface area is 92.7 Å². The van der Waals surface area contributed by atoms with Crippen LogP contribution >= 0.6 is 0 Å². The lowest BCUT2D eigenvalue weighted by molar-refractivity contribution is 0.0526. The number of carbonyl (C=O) groups is 1. The first-order chi connectivity index (χ1) is 7.77. The predicted octanol–water partition coefficient (Wildman–Crippen LogP) is 1.99. The number of carbonyl (C=O) groups excluding carboxylic acids is 1. The van der Waals surface area contributed by atoms with E-state index < -0.39 is 5.97 Å². The Morgan fingerprint density at radius 1 is 1.56 bits per heavy atom. The van der Waals surface area contributed by atoms with Crippen LogP contribution in [0.2, 0.25) is 0 Å². The minimum absolute atomic E-state index is 0.301. The Morgan fingerprint density at radius 3 is 3.06 bits per heavy atom. The first-order valence-corrected chi connectivity index (χ1v) is 4.94. The average Bonchev–Trinajstić information content (AvgIpc) is 2.67. The summed E-state index contributed by atoms with van der Waals surface area (Å²) < 4.78 is 6.64. The Kier molecular flexibility index (Phi) is 2.61. The highest BCUT2D eigenvalue weighted by Crippen LogP contribution is 2.18. The molecule has 4 heteroatoms. The number of pyridine rings is 1. The summed E-state index contributed by atoms with van der Waals surface area (Å²) >= 11 is 0. The van der Waals surface area contributed by atoms with E-state index in [1.54, 1.807) is 29.8 Å². The van der Waals surface area contributed by atoms with Crippen molar-refractivity contribution in [2.45, 2.75) is 6.92 Å². The molecule has 0 aromatic carbocycles. The highest BCUT2D eigenvalue weighted by Gasteiger charge is 2.17. The van der Waals surface area contributed by atoms with Crippen LogP contribution < -0.4 is 0 Å². The van der Waals surface area contributed by atoms with Crippen molar-refractivity contribution < 1.29 is 9.53 Å². The number of hydrogen-bond acceptors (Lipinski definition) is 3. The van der Waals surface area contributed by atoms with E-state index in [0.717, 1.165) is 0 Å². The van der Waals surface area contributed by atoms with Crippen LogP contribution in [0.4, 0.5) is 0 Å². The molecule has 0 fully saturated rings. The molecule has 80 valence electrons. The molecule has 0 saturated carbocycles. The maximum Gasteiger partial charge on any atom is 0.341 e. The molecule has 2 aromatic heterocycles. The maximum atomic E-state index is 11.6. The Balaban J connectivity index is 2.62. The SMILES string of the molecule is CCOC(=O)c1cn2ccccc2c1C#N. The third kappa shape index (κ3) is 1.52. The molecule has 2 heterocycles. The quantitative estimate of drug-likeness (QED) is 0.718. The van der Waals surface area contributed by atoms with Crippen LogP contribution in [-0.2, 0) is 4.74 Å². The zero-order chi connectivity index (χ0) is 11.5. The molecule has 0 spiro atoms. The first kappa shape index (κ1) is 10.2. The van der Waals surface area contributed by atoms with Crippen LogP contribution in [0.15, 0.2) is 30.6 Å². The van der Waals surface area contributed by atoms with Crippen molar-refractivity contribution >= 4 is 11.5 Å². The highest BCUT2D eigenvalue weighted by atomic mass is 16.5. The van der Waals surface area contributed by atoms with E-state index in [9.17, 15) is 4.79 Å². The van der Waals surface area contributed by atoms with E-state index in [2.05, 4.69) is 0 Å². The zero-order valence-corrected chi connectivity index (χ0v) is 8.80. The normalized spacial score (nSPS) is 10.0. The molecule has 0 saturated heterocycles. The van der Waals surface area contributed by atoms with Gasteiger partial charge in [-0.15, -0.1) is 0 Å². The summed E-state index contributed by atoms with van der Waals surface area (Å²) in [5, 5.41) is 9.05. The van der Waals surface area contributed by atoms with Gasteiger partial charge in [0.2, 0.25) is 0 Å². The molecule has 0 bridgehead atoms. The van der Waals surface area contributed by atoms with Gasteiger partial charge in [-0.1, -0.05) is 6.07 Å². The number of ether oxygens (including phenoxy) is 1. The van der Waals surface area contributed by atoms with Gasteiger partial charge in [-0.25, -0.2) is 4.79 Å². The van der Waals surface area contributed by atoms with Crippen molar-refractivity contribution in [1.82, 2.24) is 4.40 Å². The van der Waals surface area contributed by atoms with Crippen molar-refractivity contribution in [2.75, 3.05) is 6.61 Å². The van der Waals surface area contributed by atoms with Crippen molar-refractivity contribution in [2.24, 2.45) is 0 Å². The second kappa shape index (κ2) is 4.07. The van der Waals surface area contributed by atoms with E-state index >= 15 is 0 Å². The third-order valence-corrected chi connectivity index (χ3v) is 2.29. The fourth-order valence-corrected chi connectivity index (χ4v) is 1.60. The Hall–Kier alpha value is -2.28. The van der Waals surface area contributed by atoms with Gasteiger partial charge in [0.25, 0.3) is 0 Å². The van der Waals surface area contributed by atoms with Crippen LogP contribution in [0.25, 0.3) is 5.52 Å². The molecule has 2 rings (SSSR count). The van der Waals surface area contributed by atoms with Crippen molar-refractivity contribution in [3.05, 3.63) is 41.7 Å². The fraction of sp³-hybridized carbons (Fsp3) is 0.167. The van der Waals surface area contributed by atoms with E-state index in [1.807, 2.05) is 18.2 Å². The molecule has 0 aliphatic rings. The molecular weight excluding hydrogens is 204 g/mol. The van der Waals surface area contributed by atoms with Gasteiger partial charge in [0.1, 0.15) is 6.07 Å². The van der Waals surface area contributed by atoms with Gasteiger partial charge in [-0.05, 0) is 19.1 Å². The molecule has 0 aliphatic heterocycles. The smallest absolute Gasteiger partial charge is 0.341 e. The van der Waals surface area contributed by atoms with Gasteiger partial charge in [0, 0.05) is 12.4 Å². The predicted molar refractivity (Wildman–Crippen MR) is 58.1 cm³/mol. The number of fused-ring (bicyclic) bond motifs is 1. The molecule has 2 aromatic rings. The third-order valence-electron chi connectivity index (χ3n) is 2.29. The second-order valence-corrected chi connectivity index (χ2v) is 3.24. The number of esters is 1. The lowest BCUT2D eigenvalue weighted by Gasteiger charge is -1.97.